The SMILES string of the molecule is NC1=CC(=O)NC(S)N1Cc1ccc(F)cc1. The second kappa shape index (κ2) is 4.67. The van der Waals surface area contributed by atoms with Crippen LogP contribution in [0.1, 0.15) is 5.56 Å². The minimum atomic E-state index is -0.474. The van der Waals surface area contributed by atoms with E-state index in [0.717, 1.165) is 5.56 Å². The third-order valence-corrected chi connectivity index (χ3v) is 2.85. The molecule has 1 unspecified atom stereocenters. The molecule has 0 saturated heterocycles. The molecule has 0 aromatic heterocycles. The van der Waals surface area contributed by atoms with Crippen LogP contribution in [0.2, 0.25) is 0 Å². The number of carbonyl (C=O) groups excluding carboxylic acids is 1. The molecule has 1 aromatic rings. The highest BCUT2D eigenvalue weighted by atomic mass is 32.1. The van der Waals surface area contributed by atoms with E-state index in [-0.39, 0.29) is 11.7 Å². The molecule has 1 atom stereocenters. The van der Waals surface area contributed by atoms with Gasteiger partial charge in [-0.05, 0) is 17.7 Å². The summed E-state index contributed by atoms with van der Waals surface area (Å²) in [5, 5.41) is 2.61. The maximum Gasteiger partial charge on any atom is 0.249 e. The third kappa shape index (κ3) is 2.71. The molecule has 0 saturated carbocycles. The first-order chi connectivity index (χ1) is 8.06. The molecule has 4 nitrogen and oxygen atoms in total. The summed E-state index contributed by atoms with van der Waals surface area (Å²) < 4.78 is 12.7. The second-order valence-electron chi connectivity index (χ2n) is 3.71. The quantitative estimate of drug-likeness (QED) is 0.682. The van der Waals surface area contributed by atoms with Crippen LogP contribution in [-0.4, -0.2) is 16.3 Å². The highest BCUT2D eigenvalue weighted by molar-refractivity contribution is 7.80. The molecule has 90 valence electrons. The molecule has 3 N–H and O–H groups in total. The van der Waals surface area contributed by atoms with Gasteiger partial charge >= 0.3 is 0 Å². The Labute approximate surface area is 104 Å². The van der Waals surface area contributed by atoms with E-state index in [4.69, 9.17) is 5.73 Å². The summed E-state index contributed by atoms with van der Waals surface area (Å²) in [6.45, 7) is 0.455. The summed E-state index contributed by atoms with van der Waals surface area (Å²) in [6.07, 6.45) is 1.30. The molecular weight excluding hydrogens is 241 g/mol. The van der Waals surface area contributed by atoms with Crippen LogP contribution in [0.15, 0.2) is 36.2 Å². The van der Waals surface area contributed by atoms with E-state index in [1.165, 1.54) is 18.2 Å². The van der Waals surface area contributed by atoms with E-state index >= 15 is 0 Å². The summed E-state index contributed by atoms with van der Waals surface area (Å²) in [7, 11) is 0. The van der Waals surface area contributed by atoms with E-state index < -0.39 is 5.50 Å². The Morgan fingerprint density at radius 2 is 2.06 bits per heavy atom. The number of thiol groups is 1. The van der Waals surface area contributed by atoms with Gasteiger partial charge in [-0.1, -0.05) is 12.1 Å². The Balaban J connectivity index is 2.15. The lowest BCUT2D eigenvalue weighted by Crippen LogP contribution is -2.49. The maximum atomic E-state index is 12.7. The topological polar surface area (TPSA) is 58.4 Å². The van der Waals surface area contributed by atoms with Crippen LogP contribution in [0.5, 0.6) is 0 Å². The number of halogens is 1. The molecule has 6 heteroatoms. The van der Waals surface area contributed by atoms with E-state index in [9.17, 15) is 9.18 Å². The van der Waals surface area contributed by atoms with Gasteiger partial charge in [-0.3, -0.25) is 4.79 Å². The number of carbonyl (C=O) groups is 1. The van der Waals surface area contributed by atoms with Crippen LogP contribution in [0, 0.1) is 5.82 Å². The third-order valence-electron chi connectivity index (χ3n) is 2.44. The Bertz CT molecular complexity index is 460. The first-order valence-corrected chi connectivity index (χ1v) is 5.55. The minimum absolute atomic E-state index is 0.266. The summed E-state index contributed by atoms with van der Waals surface area (Å²) in [5.41, 5.74) is 6.15. The zero-order valence-electron chi connectivity index (χ0n) is 8.93. The molecule has 1 aliphatic heterocycles. The van der Waals surface area contributed by atoms with Crippen molar-refractivity contribution in [3.63, 3.8) is 0 Å². The number of amides is 1. The lowest BCUT2D eigenvalue weighted by molar-refractivity contribution is -0.118. The Morgan fingerprint density at radius 1 is 1.41 bits per heavy atom. The van der Waals surface area contributed by atoms with Crippen molar-refractivity contribution in [3.05, 3.63) is 47.5 Å². The fourth-order valence-corrected chi connectivity index (χ4v) is 1.91. The average Bonchev–Trinajstić information content (AvgIpc) is 2.26. The van der Waals surface area contributed by atoms with Crippen LogP contribution in [0.3, 0.4) is 0 Å². The van der Waals surface area contributed by atoms with Crippen molar-refractivity contribution in [2.24, 2.45) is 5.73 Å². The van der Waals surface area contributed by atoms with Crippen LogP contribution in [0.4, 0.5) is 4.39 Å². The zero-order chi connectivity index (χ0) is 12.4. The lowest BCUT2D eigenvalue weighted by Gasteiger charge is -2.33. The number of hydrogen-bond donors (Lipinski definition) is 3. The second-order valence-corrected chi connectivity index (χ2v) is 4.19. The van der Waals surface area contributed by atoms with Gasteiger partial charge in [0.2, 0.25) is 5.91 Å². The van der Waals surface area contributed by atoms with E-state index in [2.05, 4.69) is 17.9 Å². The summed E-state index contributed by atoms with van der Waals surface area (Å²) in [4.78, 5) is 12.8. The van der Waals surface area contributed by atoms with Gasteiger partial charge in [0.25, 0.3) is 0 Å². The standard InChI is InChI=1S/C11H12FN3OS/c12-8-3-1-7(2-4-8)6-15-9(13)5-10(16)14-11(15)17/h1-5,11,17H,6,13H2,(H,14,16). The summed E-state index contributed by atoms with van der Waals surface area (Å²) >= 11 is 4.22. The average molecular weight is 253 g/mol. The van der Waals surface area contributed by atoms with E-state index in [0.29, 0.717) is 12.4 Å². The van der Waals surface area contributed by atoms with Crippen molar-refractivity contribution in [2.45, 2.75) is 12.0 Å². The number of rotatable bonds is 2. The highest BCUT2D eigenvalue weighted by Crippen LogP contribution is 2.16. The molecule has 0 radical (unpaired) electrons. The van der Waals surface area contributed by atoms with Crippen molar-refractivity contribution in [2.75, 3.05) is 0 Å². The van der Waals surface area contributed by atoms with Gasteiger partial charge in [0.05, 0.1) is 0 Å². The molecule has 0 spiro atoms. The molecule has 1 heterocycles. The van der Waals surface area contributed by atoms with Gasteiger partial charge in [-0.2, -0.15) is 0 Å². The lowest BCUT2D eigenvalue weighted by atomic mass is 10.2. The van der Waals surface area contributed by atoms with E-state index in [1.807, 2.05) is 0 Å². The number of nitrogens with two attached hydrogens (primary N) is 1. The Morgan fingerprint density at radius 3 is 2.65 bits per heavy atom. The molecule has 1 aliphatic rings. The highest BCUT2D eigenvalue weighted by Gasteiger charge is 2.22. The van der Waals surface area contributed by atoms with Crippen molar-refractivity contribution >= 4 is 18.5 Å². The zero-order valence-corrected chi connectivity index (χ0v) is 9.82. The molecular formula is C11H12FN3OS. The van der Waals surface area contributed by atoms with Crippen LogP contribution in [-0.2, 0) is 11.3 Å². The first kappa shape index (κ1) is 11.8. The predicted molar refractivity (Wildman–Crippen MR) is 65.1 cm³/mol. The predicted octanol–water partition coefficient (Wildman–Crippen LogP) is 0.771. The molecule has 2 rings (SSSR count). The number of hydrogen-bond acceptors (Lipinski definition) is 4. The van der Waals surface area contributed by atoms with Crippen molar-refractivity contribution in [3.8, 4) is 0 Å². The fourth-order valence-electron chi connectivity index (χ4n) is 1.57. The maximum absolute atomic E-state index is 12.7. The molecule has 0 aliphatic carbocycles. The first-order valence-electron chi connectivity index (χ1n) is 5.03. The molecule has 1 amide bonds. The van der Waals surface area contributed by atoms with Gasteiger partial charge in [0.15, 0.2) is 0 Å². The van der Waals surface area contributed by atoms with Gasteiger partial charge in [-0.15, -0.1) is 12.6 Å². The van der Waals surface area contributed by atoms with Crippen molar-refractivity contribution < 1.29 is 9.18 Å². The molecule has 0 fully saturated rings. The number of nitrogens with one attached hydrogen (secondary N) is 1. The number of benzene rings is 1. The largest absolute Gasteiger partial charge is 0.385 e. The smallest absolute Gasteiger partial charge is 0.249 e. The summed E-state index contributed by atoms with van der Waals surface area (Å²) in [5.74, 6) is -0.206. The van der Waals surface area contributed by atoms with Gasteiger partial charge in [-0.25, -0.2) is 4.39 Å². The van der Waals surface area contributed by atoms with Gasteiger partial charge < -0.3 is 16.0 Å². The van der Waals surface area contributed by atoms with Gasteiger partial charge in [0, 0.05) is 12.6 Å². The Kier molecular flexibility index (Phi) is 3.23. The molecule has 1 aromatic carbocycles. The normalized spacial score (nSPS) is 19.9. The fraction of sp³-hybridized carbons (Fsp3) is 0.182. The molecule has 17 heavy (non-hydrogen) atoms. The Hall–Kier alpha value is -1.69. The van der Waals surface area contributed by atoms with Crippen molar-refractivity contribution in [1.82, 2.24) is 10.2 Å². The van der Waals surface area contributed by atoms with Crippen molar-refractivity contribution in [1.29, 1.82) is 0 Å². The van der Waals surface area contributed by atoms with Crippen LogP contribution in [0.25, 0.3) is 0 Å². The van der Waals surface area contributed by atoms with Crippen LogP contribution >= 0.6 is 12.6 Å². The van der Waals surface area contributed by atoms with E-state index in [1.54, 1.807) is 17.0 Å². The monoisotopic (exact) mass is 253 g/mol. The summed E-state index contributed by atoms with van der Waals surface area (Å²) in [6, 6.07) is 6.09. The molecule has 0 bridgehead atoms. The number of nitrogens with zero attached hydrogens (tertiary/aromatic N) is 1. The van der Waals surface area contributed by atoms with Gasteiger partial charge in [0.1, 0.15) is 17.1 Å². The minimum Gasteiger partial charge on any atom is -0.385 e. The van der Waals surface area contributed by atoms with Crippen LogP contribution < -0.4 is 11.1 Å².